The molecule has 1 saturated heterocycles. The Labute approximate surface area is 157 Å². The van der Waals surface area contributed by atoms with Crippen molar-refractivity contribution >= 4 is 24.8 Å². The highest BCUT2D eigenvalue weighted by molar-refractivity contribution is 5.85. The fourth-order valence-electron chi connectivity index (χ4n) is 2.84. The lowest BCUT2D eigenvalue weighted by molar-refractivity contribution is -0.149. The first-order valence-corrected chi connectivity index (χ1v) is 7.32. The van der Waals surface area contributed by atoms with Crippen LogP contribution in [0.4, 0.5) is 13.2 Å². The van der Waals surface area contributed by atoms with E-state index in [0.29, 0.717) is 31.9 Å². The van der Waals surface area contributed by atoms with Gasteiger partial charge < -0.3 is 19.9 Å². The van der Waals surface area contributed by atoms with Gasteiger partial charge in [0.05, 0.1) is 32.2 Å². The van der Waals surface area contributed by atoms with Crippen molar-refractivity contribution in [2.45, 2.75) is 18.6 Å². The van der Waals surface area contributed by atoms with Gasteiger partial charge in [-0.25, -0.2) is 0 Å². The third-order valence-corrected chi connectivity index (χ3v) is 3.90. The lowest BCUT2D eigenvalue weighted by Crippen LogP contribution is -2.46. The molecule has 1 aliphatic heterocycles. The summed E-state index contributed by atoms with van der Waals surface area (Å²) in [6, 6.07) is 1.79. The van der Waals surface area contributed by atoms with E-state index in [0.717, 1.165) is 0 Å². The van der Waals surface area contributed by atoms with Crippen LogP contribution in [0, 0.1) is 0 Å². The van der Waals surface area contributed by atoms with Crippen LogP contribution < -0.4 is 14.8 Å². The summed E-state index contributed by atoms with van der Waals surface area (Å²) in [5.41, 5.74) is 0.146. The zero-order valence-corrected chi connectivity index (χ0v) is 15.6. The van der Waals surface area contributed by atoms with E-state index in [2.05, 4.69) is 5.32 Å². The first-order valence-electron chi connectivity index (χ1n) is 7.32. The maximum atomic E-state index is 13.1. The number of nitrogens with zero attached hydrogens (tertiary/aromatic N) is 1. The highest BCUT2D eigenvalue weighted by atomic mass is 35.5. The highest BCUT2D eigenvalue weighted by Gasteiger charge is 2.38. The first kappa shape index (κ1) is 23.9. The molecule has 2 rings (SSSR count). The zero-order chi connectivity index (χ0) is 17.0. The van der Waals surface area contributed by atoms with Gasteiger partial charge in [-0.2, -0.15) is 13.2 Å². The fourth-order valence-corrected chi connectivity index (χ4v) is 2.84. The van der Waals surface area contributed by atoms with E-state index in [-0.39, 0.29) is 41.9 Å². The number of ether oxygens (including phenoxy) is 2. The van der Waals surface area contributed by atoms with E-state index in [1.54, 1.807) is 4.90 Å². The third-order valence-electron chi connectivity index (χ3n) is 3.90. The minimum absolute atomic E-state index is 0. The summed E-state index contributed by atoms with van der Waals surface area (Å²) >= 11 is 0. The number of alkyl halides is 3. The maximum absolute atomic E-state index is 13.1. The van der Waals surface area contributed by atoms with Gasteiger partial charge in [-0.1, -0.05) is 0 Å². The number of hydrogen-bond donors (Lipinski definition) is 2. The van der Waals surface area contributed by atoms with Crippen molar-refractivity contribution in [1.82, 2.24) is 10.2 Å². The number of hydrogen-bond acceptors (Lipinski definition) is 5. The number of halogens is 5. The SMILES string of the molecule is COc1cc(O)c([C@@H](CC(F)(F)F)N2CCNCC2)c(OC)c1.Cl.Cl. The average molecular weight is 407 g/mol. The Hall–Kier alpha value is -1.09. The summed E-state index contributed by atoms with van der Waals surface area (Å²) in [5.74, 6) is 0.262. The van der Waals surface area contributed by atoms with Gasteiger partial charge in [0.2, 0.25) is 0 Å². The van der Waals surface area contributed by atoms with Crippen LogP contribution in [-0.4, -0.2) is 56.6 Å². The van der Waals surface area contributed by atoms with Gasteiger partial charge in [-0.3, -0.25) is 4.90 Å². The predicted molar refractivity (Wildman–Crippen MR) is 93.6 cm³/mol. The predicted octanol–water partition coefficient (Wildman–Crippen LogP) is 3.15. The van der Waals surface area contributed by atoms with Crippen molar-refractivity contribution in [1.29, 1.82) is 0 Å². The van der Waals surface area contributed by atoms with Crippen LogP contribution in [0.15, 0.2) is 12.1 Å². The molecule has 0 aliphatic carbocycles. The van der Waals surface area contributed by atoms with Gasteiger partial charge in [-0.05, 0) is 0 Å². The van der Waals surface area contributed by atoms with Crippen LogP contribution in [-0.2, 0) is 0 Å². The Morgan fingerprint density at radius 2 is 1.76 bits per heavy atom. The summed E-state index contributed by atoms with van der Waals surface area (Å²) < 4.78 is 49.4. The Kier molecular flexibility index (Phi) is 9.71. The minimum Gasteiger partial charge on any atom is -0.507 e. The molecule has 1 aliphatic rings. The number of phenols is 1. The number of phenolic OH excluding ortho intramolecular Hbond substituents is 1. The molecule has 0 unspecified atom stereocenters. The minimum atomic E-state index is -4.35. The molecule has 0 spiro atoms. The largest absolute Gasteiger partial charge is 0.507 e. The van der Waals surface area contributed by atoms with Gasteiger partial charge >= 0.3 is 6.18 Å². The molecule has 1 atom stereocenters. The van der Waals surface area contributed by atoms with E-state index < -0.39 is 18.6 Å². The van der Waals surface area contributed by atoms with Crippen molar-refractivity contribution in [3.8, 4) is 17.2 Å². The monoisotopic (exact) mass is 406 g/mol. The molecule has 25 heavy (non-hydrogen) atoms. The lowest BCUT2D eigenvalue weighted by atomic mass is 9.98. The van der Waals surface area contributed by atoms with E-state index in [1.165, 1.54) is 26.4 Å². The summed E-state index contributed by atoms with van der Waals surface area (Å²) in [5, 5.41) is 13.4. The first-order chi connectivity index (χ1) is 10.9. The summed E-state index contributed by atoms with van der Waals surface area (Å²) in [4.78, 5) is 1.72. The summed E-state index contributed by atoms with van der Waals surface area (Å²) in [7, 11) is 2.78. The number of benzene rings is 1. The van der Waals surface area contributed by atoms with Crippen LogP contribution in [0.1, 0.15) is 18.0 Å². The van der Waals surface area contributed by atoms with E-state index >= 15 is 0 Å². The van der Waals surface area contributed by atoms with Crippen LogP contribution in [0.25, 0.3) is 0 Å². The smallest absolute Gasteiger partial charge is 0.390 e. The molecule has 2 N–H and O–H groups in total. The van der Waals surface area contributed by atoms with Crippen molar-refractivity contribution in [2.75, 3.05) is 40.4 Å². The molecule has 1 aromatic carbocycles. The molecule has 0 aromatic heterocycles. The van der Waals surface area contributed by atoms with E-state index in [4.69, 9.17) is 9.47 Å². The number of piperazine rings is 1. The maximum Gasteiger partial charge on any atom is 0.390 e. The third kappa shape index (κ3) is 6.29. The molecule has 10 heteroatoms. The van der Waals surface area contributed by atoms with Crippen molar-refractivity contribution in [3.63, 3.8) is 0 Å². The molecule has 146 valence electrons. The average Bonchev–Trinajstić information content (AvgIpc) is 2.52. The lowest BCUT2D eigenvalue weighted by Gasteiger charge is -2.36. The van der Waals surface area contributed by atoms with Crippen LogP contribution in [0.3, 0.4) is 0 Å². The molecule has 1 aromatic rings. The second kappa shape index (κ2) is 10.2. The molecule has 1 heterocycles. The second-order valence-corrected chi connectivity index (χ2v) is 5.38. The Morgan fingerprint density at radius 3 is 2.24 bits per heavy atom. The van der Waals surface area contributed by atoms with Gasteiger partial charge in [0, 0.05) is 38.3 Å². The second-order valence-electron chi connectivity index (χ2n) is 5.38. The quantitative estimate of drug-likeness (QED) is 0.786. The topological polar surface area (TPSA) is 54.0 Å². The van der Waals surface area contributed by atoms with Crippen LogP contribution >= 0.6 is 24.8 Å². The molecular formula is C15H23Cl2F3N2O3. The Balaban J connectivity index is 0.00000288. The van der Waals surface area contributed by atoms with Gasteiger partial charge in [0.15, 0.2) is 0 Å². The molecule has 0 saturated carbocycles. The summed E-state index contributed by atoms with van der Waals surface area (Å²) in [6.07, 6.45) is -5.41. The van der Waals surface area contributed by atoms with Gasteiger partial charge in [0.1, 0.15) is 17.2 Å². The molecule has 0 radical (unpaired) electrons. The van der Waals surface area contributed by atoms with Crippen LogP contribution in [0.5, 0.6) is 17.2 Å². The van der Waals surface area contributed by atoms with Crippen LogP contribution in [0.2, 0.25) is 0 Å². The van der Waals surface area contributed by atoms with Crippen molar-refractivity contribution in [3.05, 3.63) is 17.7 Å². The number of aromatic hydroxyl groups is 1. The van der Waals surface area contributed by atoms with E-state index in [1.807, 2.05) is 0 Å². The summed E-state index contributed by atoms with van der Waals surface area (Å²) in [6.45, 7) is 2.14. The number of rotatable bonds is 5. The molecule has 1 fully saturated rings. The number of nitrogens with one attached hydrogen (secondary N) is 1. The standard InChI is InChI=1S/C15H21F3N2O3.2ClH/c1-22-10-7-12(21)14(13(8-10)23-2)11(9-15(16,17)18)20-5-3-19-4-6-20;;/h7-8,11,19,21H,3-6,9H2,1-2H3;2*1H/t11-;;/m1../s1. The Morgan fingerprint density at radius 1 is 1.16 bits per heavy atom. The Bertz CT molecular complexity index is 541. The van der Waals surface area contributed by atoms with Gasteiger partial charge in [0.25, 0.3) is 0 Å². The highest BCUT2D eigenvalue weighted by Crippen LogP contribution is 2.44. The van der Waals surface area contributed by atoms with Gasteiger partial charge in [-0.15, -0.1) is 24.8 Å². The molecule has 0 amide bonds. The molecule has 5 nitrogen and oxygen atoms in total. The molecule has 0 bridgehead atoms. The van der Waals surface area contributed by atoms with E-state index in [9.17, 15) is 18.3 Å². The number of methoxy groups -OCH3 is 2. The molecular weight excluding hydrogens is 384 g/mol. The fraction of sp³-hybridized carbons (Fsp3) is 0.600. The van der Waals surface area contributed by atoms with Crippen molar-refractivity contribution in [2.24, 2.45) is 0 Å². The zero-order valence-electron chi connectivity index (χ0n) is 13.9. The normalized spacial score (nSPS) is 16.4. The van der Waals surface area contributed by atoms with Crippen molar-refractivity contribution < 1.29 is 27.8 Å².